The molecule has 0 aliphatic heterocycles. The monoisotopic (exact) mass is 424 g/mol. The second kappa shape index (κ2) is 9.67. The van der Waals surface area contributed by atoms with Crippen LogP contribution < -0.4 is 0 Å². The van der Waals surface area contributed by atoms with E-state index >= 15 is 0 Å². The number of hydrogen-bond donors (Lipinski definition) is 2. The summed E-state index contributed by atoms with van der Waals surface area (Å²) in [7, 11) is 0. The first kappa shape index (κ1) is 25.3. The fourth-order valence-electron chi connectivity index (χ4n) is 4.41. The zero-order chi connectivity index (χ0) is 23.6. The van der Waals surface area contributed by atoms with Gasteiger partial charge in [-0.2, -0.15) is 0 Å². The van der Waals surface area contributed by atoms with Gasteiger partial charge in [0.25, 0.3) is 0 Å². The van der Waals surface area contributed by atoms with Crippen LogP contribution in [0.1, 0.15) is 121 Å². The second-order valence-corrected chi connectivity index (χ2v) is 11.1. The van der Waals surface area contributed by atoms with Crippen LogP contribution in [0.25, 0.3) is 0 Å². The van der Waals surface area contributed by atoms with Gasteiger partial charge in [0, 0.05) is 17.0 Å². The summed E-state index contributed by atoms with van der Waals surface area (Å²) in [6, 6.07) is 8.64. The van der Waals surface area contributed by atoms with Crippen LogP contribution in [0, 0.1) is 0 Å². The minimum Gasteiger partial charge on any atom is -0.507 e. The Bertz CT molecular complexity index is 823. The largest absolute Gasteiger partial charge is 0.507 e. The van der Waals surface area contributed by atoms with E-state index < -0.39 is 0 Å². The van der Waals surface area contributed by atoms with Crippen molar-refractivity contribution in [3.63, 3.8) is 0 Å². The van der Waals surface area contributed by atoms with E-state index in [1.54, 1.807) is 0 Å². The maximum absolute atomic E-state index is 11.4. The molecule has 0 amide bonds. The van der Waals surface area contributed by atoms with Crippen LogP contribution in [-0.4, -0.2) is 10.2 Å². The maximum atomic E-state index is 11.4. The Hall–Kier alpha value is -1.96. The molecule has 31 heavy (non-hydrogen) atoms. The Morgan fingerprint density at radius 2 is 1.06 bits per heavy atom. The molecule has 2 heteroatoms. The zero-order valence-electron chi connectivity index (χ0n) is 21.3. The van der Waals surface area contributed by atoms with Crippen molar-refractivity contribution in [3.8, 4) is 11.5 Å². The van der Waals surface area contributed by atoms with Gasteiger partial charge in [-0.05, 0) is 52.3 Å². The van der Waals surface area contributed by atoms with Gasteiger partial charge in [-0.25, -0.2) is 0 Å². The van der Waals surface area contributed by atoms with Crippen LogP contribution in [0.4, 0.5) is 0 Å². The Morgan fingerprint density at radius 3 is 1.35 bits per heavy atom. The highest BCUT2D eigenvalue weighted by Gasteiger charge is 2.29. The van der Waals surface area contributed by atoms with E-state index in [2.05, 4.69) is 86.6 Å². The SMILES string of the molecule is CCCCC(c1cc(CC)cc(C(C)(C)C)c1O)c1cc(CC)cc(C(C)(C)C)c1O. The summed E-state index contributed by atoms with van der Waals surface area (Å²) >= 11 is 0. The van der Waals surface area contributed by atoms with E-state index in [-0.39, 0.29) is 16.7 Å². The fraction of sp³-hybridized carbons (Fsp3) is 0.586. The minimum absolute atomic E-state index is 0.0276. The molecular formula is C29H44O2. The predicted molar refractivity (Wildman–Crippen MR) is 134 cm³/mol. The summed E-state index contributed by atoms with van der Waals surface area (Å²) in [6.45, 7) is 19.4. The van der Waals surface area contributed by atoms with Gasteiger partial charge < -0.3 is 10.2 Å². The van der Waals surface area contributed by atoms with E-state index in [4.69, 9.17) is 0 Å². The second-order valence-electron chi connectivity index (χ2n) is 11.1. The summed E-state index contributed by atoms with van der Waals surface area (Å²) in [6.07, 6.45) is 4.88. The van der Waals surface area contributed by atoms with Crippen LogP contribution in [-0.2, 0) is 23.7 Å². The molecule has 0 saturated heterocycles. The smallest absolute Gasteiger partial charge is 0.123 e. The van der Waals surface area contributed by atoms with Gasteiger partial charge in [0.05, 0.1) is 0 Å². The Labute approximate surface area is 190 Å². The third-order valence-electron chi connectivity index (χ3n) is 6.43. The molecule has 2 N–H and O–H groups in total. The molecule has 2 rings (SSSR count). The molecular weight excluding hydrogens is 380 g/mol. The van der Waals surface area contributed by atoms with E-state index in [1.807, 2.05) is 0 Å². The molecule has 2 aromatic carbocycles. The minimum atomic E-state index is -0.150. The third-order valence-corrected chi connectivity index (χ3v) is 6.43. The molecule has 0 unspecified atom stereocenters. The van der Waals surface area contributed by atoms with Gasteiger partial charge in [0.2, 0.25) is 0 Å². The quantitative estimate of drug-likeness (QED) is 0.471. The molecule has 0 aliphatic rings. The highest BCUT2D eigenvalue weighted by molar-refractivity contribution is 5.56. The summed E-state index contributed by atoms with van der Waals surface area (Å²) in [5, 5.41) is 22.9. The summed E-state index contributed by atoms with van der Waals surface area (Å²) in [5.41, 5.74) is 6.08. The molecule has 0 radical (unpaired) electrons. The first-order valence-electron chi connectivity index (χ1n) is 12.1. The number of aryl methyl sites for hydroxylation is 2. The average molecular weight is 425 g/mol. The normalized spacial score (nSPS) is 12.6. The van der Waals surface area contributed by atoms with Crippen molar-refractivity contribution in [1.29, 1.82) is 0 Å². The maximum Gasteiger partial charge on any atom is 0.123 e. The van der Waals surface area contributed by atoms with Gasteiger partial charge >= 0.3 is 0 Å². The fourth-order valence-corrected chi connectivity index (χ4v) is 4.41. The molecule has 2 nitrogen and oxygen atoms in total. The van der Waals surface area contributed by atoms with Crippen molar-refractivity contribution in [1.82, 2.24) is 0 Å². The van der Waals surface area contributed by atoms with Gasteiger partial charge in [0.15, 0.2) is 0 Å². The molecule has 2 aromatic rings. The number of phenolic OH excluding ortho intramolecular Hbond substituents is 2. The van der Waals surface area contributed by atoms with Gasteiger partial charge in [-0.1, -0.05) is 99.4 Å². The molecule has 0 aromatic heterocycles. The van der Waals surface area contributed by atoms with Crippen molar-refractivity contribution >= 4 is 0 Å². The number of rotatable bonds is 7. The molecule has 172 valence electrons. The Morgan fingerprint density at radius 1 is 0.677 bits per heavy atom. The molecule has 0 atom stereocenters. The average Bonchev–Trinajstić information content (AvgIpc) is 2.68. The van der Waals surface area contributed by atoms with Gasteiger partial charge in [-0.15, -0.1) is 0 Å². The lowest BCUT2D eigenvalue weighted by atomic mass is 9.76. The summed E-state index contributed by atoms with van der Waals surface area (Å²) < 4.78 is 0. The highest BCUT2D eigenvalue weighted by atomic mass is 16.3. The Kier molecular flexibility index (Phi) is 7.89. The summed E-state index contributed by atoms with van der Waals surface area (Å²) in [5.74, 6) is 0.758. The van der Waals surface area contributed by atoms with Crippen molar-refractivity contribution in [2.75, 3.05) is 0 Å². The number of benzene rings is 2. The van der Waals surface area contributed by atoms with Crippen LogP contribution in [0.3, 0.4) is 0 Å². The standard InChI is InChI=1S/C29H44O2/c1-10-13-14-21(22-15-19(11-2)17-24(26(22)30)28(4,5)6)23-16-20(12-3)18-25(27(23)31)29(7,8)9/h15-18,21,30-31H,10-14H2,1-9H3. The molecule has 0 spiro atoms. The van der Waals surface area contributed by atoms with Crippen molar-refractivity contribution in [2.24, 2.45) is 0 Å². The van der Waals surface area contributed by atoms with Crippen molar-refractivity contribution < 1.29 is 10.2 Å². The van der Waals surface area contributed by atoms with Gasteiger partial charge in [-0.3, -0.25) is 0 Å². The molecule has 0 bridgehead atoms. The van der Waals surface area contributed by atoms with Crippen LogP contribution in [0.5, 0.6) is 11.5 Å². The first-order valence-corrected chi connectivity index (χ1v) is 12.1. The highest BCUT2D eigenvalue weighted by Crippen LogP contribution is 2.46. The van der Waals surface area contributed by atoms with E-state index in [0.29, 0.717) is 11.5 Å². The number of aromatic hydroxyl groups is 2. The lowest BCUT2D eigenvalue weighted by Gasteiger charge is -2.29. The predicted octanol–water partition coefficient (Wildman–Crippen LogP) is 8.14. The van der Waals surface area contributed by atoms with E-state index in [9.17, 15) is 10.2 Å². The molecule has 0 heterocycles. The van der Waals surface area contributed by atoms with Crippen molar-refractivity contribution in [2.45, 2.75) is 111 Å². The molecule has 0 fully saturated rings. The van der Waals surface area contributed by atoms with Crippen LogP contribution in [0.15, 0.2) is 24.3 Å². The van der Waals surface area contributed by atoms with Crippen LogP contribution >= 0.6 is 0 Å². The number of hydrogen-bond acceptors (Lipinski definition) is 2. The molecule has 0 saturated carbocycles. The van der Waals surface area contributed by atoms with Crippen LogP contribution in [0.2, 0.25) is 0 Å². The number of phenols is 2. The lowest BCUT2D eigenvalue weighted by molar-refractivity contribution is 0.423. The zero-order valence-corrected chi connectivity index (χ0v) is 21.3. The van der Waals surface area contributed by atoms with Gasteiger partial charge in [0.1, 0.15) is 11.5 Å². The number of unbranched alkanes of at least 4 members (excludes halogenated alkanes) is 1. The molecule has 0 aliphatic carbocycles. The van der Waals surface area contributed by atoms with E-state index in [0.717, 1.165) is 54.4 Å². The van der Waals surface area contributed by atoms with E-state index in [1.165, 1.54) is 11.1 Å². The van der Waals surface area contributed by atoms with Crippen molar-refractivity contribution in [3.05, 3.63) is 57.6 Å². The topological polar surface area (TPSA) is 40.5 Å². The lowest BCUT2D eigenvalue weighted by Crippen LogP contribution is -2.16. The third kappa shape index (κ3) is 5.64. The first-order chi connectivity index (χ1) is 14.3. The summed E-state index contributed by atoms with van der Waals surface area (Å²) in [4.78, 5) is 0. The Balaban J connectivity index is 2.85.